The number of anilines is 1. The molecule has 0 aliphatic rings. The number of ether oxygens (including phenoxy) is 1. The average molecular weight is 308 g/mol. The Kier molecular flexibility index (Phi) is 4.04. The first-order valence-electron chi connectivity index (χ1n) is 5.47. The summed E-state index contributed by atoms with van der Waals surface area (Å²) in [6.45, 7) is 4.35. The van der Waals surface area contributed by atoms with Crippen molar-refractivity contribution < 1.29 is 4.74 Å². The van der Waals surface area contributed by atoms with Crippen molar-refractivity contribution in [3.05, 3.63) is 47.7 Å². The fraction of sp³-hybridized carbons (Fsp3) is 0.154. The van der Waals surface area contributed by atoms with Gasteiger partial charge in [0.1, 0.15) is 5.75 Å². The van der Waals surface area contributed by atoms with Crippen LogP contribution in [0, 0.1) is 0 Å². The maximum Gasteiger partial charge on any atom is 0.207 e. The molecule has 1 aromatic heterocycles. The van der Waals surface area contributed by atoms with Gasteiger partial charge in [-0.25, -0.2) is 4.98 Å². The number of aromatic nitrogens is 2. The van der Waals surface area contributed by atoms with Gasteiger partial charge in [0.25, 0.3) is 0 Å². The highest BCUT2D eigenvalue weighted by molar-refractivity contribution is 9.10. The molecule has 5 heteroatoms. The lowest BCUT2D eigenvalue weighted by atomic mass is 10.3. The van der Waals surface area contributed by atoms with Gasteiger partial charge < -0.3 is 10.1 Å². The molecule has 18 heavy (non-hydrogen) atoms. The summed E-state index contributed by atoms with van der Waals surface area (Å²) in [6, 6.07) is 5.87. The number of imidazole rings is 1. The van der Waals surface area contributed by atoms with Gasteiger partial charge in [-0.2, -0.15) is 0 Å². The second-order valence-electron chi connectivity index (χ2n) is 3.64. The van der Waals surface area contributed by atoms with E-state index in [2.05, 4.69) is 32.8 Å². The number of rotatable bonds is 5. The minimum atomic E-state index is 0.669. The number of nitrogens with zero attached hydrogens (tertiary/aromatic N) is 2. The van der Waals surface area contributed by atoms with Crippen molar-refractivity contribution in [2.24, 2.45) is 0 Å². The van der Waals surface area contributed by atoms with Crippen LogP contribution in [0.1, 0.15) is 0 Å². The van der Waals surface area contributed by atoms with Gasteiger partial charge in [0.05, 0.1) is 12.8 Å². The minimum absolute atomic E-state index is 0.669. The second-order valence-corrected chi connectivity index (χ2v) is 4.56. The Morgan fingerprint density at radius 2 is 2.33 bits per heavy atom. The van der Waals surface area contributed by atoms with E-state index in [0.29, 0.717) is 6.54 Å². The predicted octanol–water partition coefficient (Wildman–Crippen LogP) is 3.24. The van der Waals surface area contributed by atoms with E-state index in [1.54, 1.807) is 19.4 Å². The second kappa shape index (κ2) is 5.73. The monoisotopic (exact) mass is 307 g/mol. The molecule has 1 N–H and O–H groups in total. The molecule has 0 aliphatic heterocycles. The lowest BCUT2D eigenvalue weighted by molar-refractivity contribution is 0.414. The van der Waals surface area contributed by atoms with E-state index in [-0.39, 0.29) is 0 Å². The molecule has 0 atom stereocenters. The van der Waals surface area contributed by atoms with Crippen LogP contribution in [0.3, 0.4) is 0 Å². The van der Waals surface area contributed by atoms with Crippen LogP contribution in [0.15, 0.2) is 47.7 Å². The van der Waals surface area contributed by atoms with Gasteiger partial charge in [0, 0.05) is 29.5 Å². The zero-order valence-electron chi connectivity index (χ0n) is 10.1. The van der Waals surface area contributed by atoms with Crippen LogP contribution in [-0.2, 0) is 0 Å². The summed E-state index contributed by atoms with van der Waals surface area (Å²) in [5.41, 5.74) is 0.977. The Morgan fingerprint density at radius 1 is 1.50 bits per heavy atom. The first-order chi connectivity index (χ1) is 8.74. The third-order valence-electron chi connectivity index (χ3n) is 2.42. The molecule has 0 radical (unpaired) electrons. The molecule has 0 amide bonds. The van der Waals surface area contributed by atoms with Crippen molar-refractivity contribution >= 4 is 21.9 Å². The van der Waals surface area contributed by atoms with E-state index >= 15 is 0 Å². The van der Waals surface area contributed by atoms with Crippen LogP contribution in [0.5, 0.6) is 5.75 Å². The number of nitrogens with one attached hydrogen (secondary N) is 1. The topological polar surface area (TPSA) is 39.1 Å². The molecule has 0 spiro atoms. The summed E-state index contributed by atoms with van der Waals surface area (Å²) in [6.07, 6.45) is 5.44. The maximum atomic E-state index is 5.25. The molecule has 0 aliphatic carbocycles. The van der Waals surface area contributed by atoms with Gasteiger partial charge in [-0.1, -0.05) is 22.0 Å². The standard InChI is InChI=1S/C13H14BrN3O/c1-3-4-15-13-16-5-6-17(13)11-7-10(14)8-12(9-11)18-2/h3,5-9H,1,4H2,2H3,(H,15,16). The van der Waals surface area contributed by atoms with Gasteiger partial charge in [-0.15, -0.1) is 6.58 Å². The maximum absolute atomic E-state index is 5.25. The van der Waals surface area contributed by atoms with Crippen molar-refractivity contribution in [1.82, 2.24) is 9.55 Å². The SMILES string of the molecule is C=CCNc1nccn1-c1cc(Br)cc(OC)c1. The lowest BCUT2D eigenvalue weighted by Crippen LogP contribution is -2.05. The van der Waals surface area contributed by atoms with Crippen molar-refractivity contribution in [2.45, 2.75) is 0 Å². The zero-order chi connectivity index (χ0) is 13.0. The van der Waals surface area contributed by atoms with Crippen LogP contribution in [0.25, 0.3) is 5.69 Å². The summed E-state index contributed by atoms with van der Waals surface area (Å²) in [5, 5.41) is 3.18. The number of hydrogen-bond acceptors (Lipinski definition) is 3. The van der Waals surface area contributed by atoms with Crippen molar-refractivity contribution in [3.8, 4) is 11.4 Å². The Labute approximate surface area is 114 Å². The van der Waals surface area contributed by atoms with Crippen molar-refractivity contribution in [1.29, 1.82) is 0 Å². The van der Waals surface area contributed by atoms with Gasteiger partial charge in [-0.05, 0) is 12.1 Å². The first kappa shape index (κ1) is 12.7. The molecule has 0 saturated heterocycles. The van der Waals surface area contributed by atoms with Gasteiger partial charge in [0.15, 0.2) is 0 Å². The molecule has 2 aromatic rings. The van der Waals surface area contributed by atoms with Crippen molar-refractivity contribution in [2.75, 3.05) is 19.0 Å². The Morgan fingerprint density at radius 3 is 3.06 bits per heavy atom. The zero-order valence-corrected chi connectivity index (χ0v) is 11.6. The van der Waals surface area contributed by atoms with E-state index in [9.17, 15) is 0 Å². The molecule has 1 aromatic carbocycles. The fourth-order valence-corrected chi connectivity index (χ4v) is 2.07. The Bertz CT molecular complexity index is 551. The third-order valence-corrected chi connectivity index (χ3v) is 2.87. The fourth-order valence-electron chi connectivity index (χ4n) is 1.61. The van der Waals surface area contributed by atoms with E-state index in [4.69, 9.17) is 4.74 Å². The highest BCUT2D eigenvalue weighted by Gasteiger charge is 2.06. The van der Waals surface area contributed by atoms with E-state index in [1.807, 2.05) is 29.0 Å². The summed E-state index contributed by atoms with van der Waals surface area (Å²) >= 11 is 3.47. The molecular formula is C13H14BrN3O. The summed E-state index contributed by atoms with van der Waals surface area (Å²) in [4.78, 5) is 4.26. The number of hydrogen-bond donors (Lipinski definition) is 1. The smallest absolute Gasteiger partial charge is 0.207 e. The summed E-state index contributed by atoms with van der Waals surface area (Å²) in [7, 11) is 1.65. The van der Waals surface area contributed by atoms with Crippen LogP contribution < -0.4 is 10.1 Å². The molecule has 0 saturated carbocycles. The number of methoxy groups -OCH3 is 1. The van der Waals surface area contributed by atoms with E-state index in [1.165, 1.54) is 0 Å². The van der Waals surface area contributed by atoms with E-state index in [0.717, 1.165) is 21.9 Å². The van der Waals surface area contributed by atoms with Crippen LogP contribution >= 0.6 is 15.9 Å². The molecule has 4 nitrogen and oxygen atoms in total. The Hall–Kier alpha value is -1.75. The van der Waals surface area contributed by atoms with Crippen LogP contribution in [0.2, 0.25) is 0 Å². The van der Waals surface area contributed by atoms with Gasteiger partial charge >= 0.3 is 0 Å². The highest BCUT2D eigenvalue weighted by Crippen LogP contribution is 2.25. The molecule has 2 rings (SSSR count). The molecule has 0 fully saturated rings. The van der Waals surface area contributed by atoms with Gasteiger partial charge in [0.2, 0.25) is 5.95 Å². The first-order valence-corrected chi connectivity index (χ1v) is 6.27. The van der Waals surface area contributed by atoms with Crippen LogP contribution in [-0.4, -0.2) is 23.2 Å². The summed E-state index contributed by atoms with van der Waals surface area (Å²) in [5.74, 6) is 1.57. The minimum Gasteiger partial charge on any atom is -0.497 e. The molecular weight excluding hydrogens is 294 g/mol. The summed E-state index contributed by atoms with van der Waals surface area (Å²) < 4.78 is 8.17. The number of benzene rings is 1. The lowest BCUT2D eigenvalue weighted by Gasteiger charge is -2.10. The normalized spacial score (nSPS) is 10.1. The van der Waals surface area contributed by atoms with Crippen LogP contribution in [0.4, 0.5) is 5.95 Å². The molecule has 1 heterocycles. The quantitative estimate of drug-likeness (QED) is 0.862. The highest BCUT2D eigenvalue weighted by atomic mass is 79.9. The van der Waals surface area contributed by atoms with Crippen molar-refractivity contribution in [3.63, 3.8) is 0 Å². The van der Waals surface area contributed by atoms with Gasteiger partial charge in [-0.3, -0.25) is 4.57 Å². The van der Waals surface area contributed by atoms with E-state index < -0.39 is 0 Å². The molecule has 94 valence electrons. The average Bonchev–Trinajstić information content (AvgIpc) is 2.83. The molecule has 0 unspecified atom stereocenters. The molecule has 0 bridgehead atoms. The third kappa shape index (κ3) is 2.73. The predicted molar refractivity (Wildman–Crippen MR) is 76.5 cm³/mol. The Balaban J connectivity index is 2.38. The largest absolute Gasteiger partial charge is 0.497 e. The number of halogens is 1.